The van der Waals surface area contributed by atoms with Gasteiger partial charge in [-0.2, -0.15) is 15.6 Å². The van der Waals surface area contributed by atoms with Gasteiger partial charge in [0.2, 0.25) is 5.71 Å². The Morgan fingerprint density at radius 3 is 2.58 bits per heavy atom. The second kappa shape index (κ2) is 6.15. The predicted molar refractivity (Wildman–Crippen MR) is 70.9 cm³/mol. The van der Waals surface area contributed by atoms with Crippen molar-refractivity contribution in [3.8, 4) is 23.1 Å². The SMILES string of the molecule is N#CC(C#N)=NNc1ccc(Oc2nccs2)cc1. The zero-order valence-corrected chi connectivity index (χ0v) is 10.4. The van der Waals surface area contributed by atoms with Gasteiger partial charge in [-0.15, -0.1) is 0 Å². The third-order valence-electron chi connectivity index (χ3n) is 1.98. The molecule has 0 atom stereocenters. The van der Waals surface area contributed by atoms with Crippen LogP contribution >= 0.6 is 11.3 Å². The van der Waals surface area contributed by atoms with E-state index in [2.05, 4.69) is 15.5 Å². The molecule has 0 amide bonds. The number of hydrogen-bond donors (Lipinski definition) is 1. The lowest BCUT2D eigenvalue weighted by Gasteiger charge is -2.03. The molecule has 0 aliphatic rings. The average molecular weight is 269 g/mol. The lowest BCUT2D eigenvalue weighted by Crippen LogP contribution is -1.96. The van der Waals surface area contributed by atoms with E-state index in [1.807, 2.05) is 5.38 Å². The van der Waals surface area contributed by atoms with Gasteiger partial charge < -0.3 is 4.74 Å². The number of nitriles is 2. The highest BCUT2D eigenvalue weighted by atomic mass is 32.1. The van der Waals surface area contributed by atoms with Crippen molar-refractivity contribution in [3.63, 3.8) is 0 Å². The molecule has 92 valence electrons. The maximum Gasteiger partial charge on any atom is 0.278 e. The number of aromatic nitrogens is 1. The molecule has 0 unspecified atom stereocenters. The first-order valence-electron chi connectivity index (χ1n) is 5.13. The van der Waals surface area contributed by atoms with Crippen molar-refractivity contribution in [1.82, 2.24) is 4.98 Å². The number of hydrazone groups is 1. The molecule has 0 saturated carbocycles. The molecule has 0 aliphatic carbocycles. The topological polar surface area (TPSA) is 94.1 Å². The van der Waals surface area contributed by atoms with E-state index in [1.54, 1.807) is 42.6 Å². The van der Waals surface area contributed by atoms with E-state index in [0.717, 1.165) is 0 Å². The Morgan fingerprint density at radius 2 is 2.00 bits per heavy atom. The molecule has 0 spiro atoms. The molecule has 2 aromatic rings. The fourth-order valence-corrected chi connectivity index (χ4v) is 1.66. The van der Waals surface area contributed by atoms with Crippen LogP contribution in [0.5, 0.6) is 10.9 Å². The third kappa shape index (κ3) is 3.53. The summed E-state index contributed by atoms with van der Waals surface area (Å²) in [7, 11) is 0. The van der Waals surface area contributed by atoms with Gasteiger partial charge in [0.25, 0.3) is 5.19 Å². The Balaban J connectivity index is 2.01. The van der Waals surface area contributed by atoms with Crippen LogP contribution in [0, 0.1) is 22.7 Å². The molecule has 0 fully saturated rings. The number of ether oxygens (including phenoxy) is 1. The molecular formula is C12H7N5OS. The van der Waals surface area contributed by atoms with Crippen LogP contribution in [0.3, 0.4) is 0 Å². The molecule has 0 saturated heterocycles. The fraction of sp³-hybridized carbons (Fsp3) is 0. The van der Waals surface area contributed by atoms with Crippen LogP contribution in [0.15, 0.2) is 40.9 Å². The van der Waals surface area contributed by atoms with Crippen LogP contribution in [-0.2, 0) is 0 Å². The zero-order chi connectivity index (χ0) is 13.5. The Bertz CT molecular complexity index is 633. The lowest BCUT2D eigenvalue weighted by atomic mass is 10.3. The first kappa shape index (κ1) is 12.6. The van der Waals surface area contributed by atoms with Crippen LogP contribution in [-0.4, -0.2) is 10.7 Å². The van der Waals surface area contributed by atoms with Crippen molar-refractivity contribution in [2.75, 3.05) is 5.43 Å². The van der Waals surface area contributed by atoms with Crippen LogP contribution in [0.25, 0.3) is 0 Å². The zero-order valence-electron chi connectivity index (χ0n) is 9.57. The fourth-order valence-electron chi connectivity index (χ4n) is 1.15. The summed E-state index contributed by atoms with van der Waals surface area (Å²) in [4.78, 5) is 4.00. The molecule has 1 N–H and O–H groups in total. The van der Waals surface area contributed by atoms with Crippen LogP contribution in [0.4, 0.5) is 5.69 Å². The molecular weight excluding hydrogens is 262 g/mol. The molecule has 19 heavy (non-hydrogen) atoms. The normalized spacial score (nSPS) is 8.95. The van der Waals surface area contributed by atoms with E-state index in [-0.39, 0.29) is 5.71 Å². The minimum absolute atomic E-state index is 0.233. The number of hydrogen-bond acceptors (Lipinski definition) is 7. The first-order valence-corrected chi connectivity index (χ1v) is 6.01. The number of anilines is 1. The highest BCUT2D eigenvalue weighted by molar-refractivity contribution is 7.11. The van der Waals surface area contributed by atoms with Crippen molar-refractivity contribution in [1.29, 1.82) is 10.5 Å². The highest BCUT2D eigenvalue weighted by Gasteiger charge is 1.99. The molecule has 0 aliphatic heterocycles. The van der Waals surface area contributed by atoms with Gasteiger partial charge in [-0.05, 0) is 24.3 Å². The summed E-state index contributed by atoms with van der Waals surface area (Å²) in [6.07, 6.45) is 1.66. The van der Waals surface area contributed by atoms with Crippen molar-refractivity contribution in [2.45, 2.75) is 0 Å². The van der Waals surface area contributed by atoms with E-state index in [4.69, 9.17) is 15.3 Å². The number of nitrogens with one attached hydrogen (secondary N) is 1. The summed E-state index contributed by atoms with van der Waals surface area (Å²) >= 11 is 1.40. The minimum Gasteiger partial charge on any atom is -0.431 e. The minimum atomic E-state index is -0.233. The van der Waals surface area contributed by atoms with E-state index >= 15 is 0 Å². The van der Waals surface area contributed by atoms with Gasteiger partial charge in [0, 0.05) is 11.6 Å². The van der Waals surface area contributed by atoms with Gasteiger partial charge in [-0.25, -0.2) is 4.98 Å². The van der Waals surface area contributed by atoms with Gasteiger partial charge in [-0.1, -0.05) is 11.3 Å². The summed E-state index contributed by atoms with van der Waals surface area (Å²) in [6, 6.07) is 10.2. The Kier molecular flexibility index (Phi) is 4.06. The van der Waals surface area contributed by atoms with E-state index < -0.39 is 0 Å². The first-order chi connectivity index (χ1) is 9.31. The maximum absolute atomic E-state index is 8.52. The van der Waals surface area contributed by atoms with Crippen molar-refractivity contribution >= 4 is 22.7 Å². The van der Waals surface area contributed by atoms with Gasteiger partial charge in [0.05, 0.1) is 5.69 Å². The predicted octanol–water partition coefficient (Wildman–Crippen LogP) is 2.75. The summed E-state index contributed by atoms with van der Waals surface area (Å²) in [5.74, 6) is 0.644. The van der Waals surface area contributed by atoms with Gasteiger partial charge in [0.15, 0.2) is 0 Å². The van der Waals surface area contributed by atoms with Gasteiger partial charge in [0.1, 0.15) is 17.9 Å². The number of benzene rings is 1. The van der Waals surface area contributed by atoms with Crippen molar-refractivity contribution in [2.24, 2.45) is 5.10 Å². The van der Waals surface area contributed by atoms with E-state index in [0.29, 0.717) is 16.6 Å². The third-order valence-corrected chi connectivity index (χ3v) is 2.63. The average Bonchev–Trinajstić information content (AvgIpc) is 2.95. The Morgan fingerprint density at radius 1 is 1.26 bits per heavy atom. The summed E-state index contributed by atoms with van der Waals surface area (Å²) in [6.45, 7) is 0. The van der Waals surface area contributed by atoms with Crippen molar-refractivity contribution < 1.29 is 4.74 Å². The molecule has 1 heterocycles. The van der Waals surface area contributed by atoms with E-state index in [1.165, 1.54) is 11.3 Å². The number of nitrogens with zero attached hydrogens (tertiary/aromatic N) is 4. The second-order valence-corrected chi connectivity index (χ2v) is 4.08. The largest absolute Gasteiger partial charge is 0.431 e. The standard InChI is InChI=1S/C12H7N5OS/c13-7-10(8-14)17-16-9-1-3-11(4-2-9)18-12-15-5-6-19-12/h1-6,16H. The van der Waals surface area contributed by atoms with Crippen molar-refractivity contribution in [3.05, 3.63) is 35.8 Å². The quantitative estimate of drug-likeness (QED) is 0.680. The summed E-state index contributed by atoms with van der Waals surface area (Å²) < 4.78 is 5.48. The Labute approximate surface area is 113 Å². The summed E-state index contributed by atoms with van der Waals surface area (Å²) in [5.41, 5.74) is 3.02. The molecule has 1 aromatic carbocycles. The number of thiazole rings is 1. The Hall–Kier alpha value is -2.90. The van der Waals surface area contributed by atoms with Crippen LogP contribution in [0.1, 0.15) is 0 Å². The number of rotatable bonds is 4. The monoisotopic (exact) mass is 269 g/mol. The lowest BCUT2D eigenvalue weighted by molar-refractivity contribution is 0.479. The second-order valence-electron chi connectivity index (χ2n) is 3.22. The van der Waals surface area contributed by atoms with Crippen LogP contribution < -0.4 is 10.2 Å². The molecule has 2 rings (SSSR count). The molecule has 0 bridgehead atoms. The molecule has 1 aromatic heterocycles. The van der Waals surface area contributed by atoms with Crippen LogP contribution in [0.2, 0.25) is 0 Å². The van der Waals surface area contributed by atoms with Gasteiger partial charge in [-0.3, -0.25) is 5.43 Å². The highest BCUT2D eigenvalue weighted by Crippen LogP contribution is 2.24. The molecule has 6 nitrogen and oxygen atoms in total. The van der Waals surface area contributed by atoms with Gasteiger partial charge >= 0.3 is 0 Å². The summed E-state index contributed by atoms with van der Waals surface area (Å²) in [5, 5.41) is 23.1. The smallest absolute Gasteiger partial charge is 0.278 e. The van der Waals surface area contributed by atoms with E-state index in [9.17, 15) is 0 Å². The molecule has 0 radical (unpaired) electrons. The molecule has 7 heteroatoms. The maximum atomic E-state index is 8.52.